The van der Waals surface area contributed by atoms with Crippen LogP contribution in [0, 0.1) is 0 Å². The van der Waals surface area contributed by atoms with E-state index >= 15 is 0 Å². The first-order valence-corrected chi connectivity index (χ1v) is 4.92. The summed E-state index contributed by atoms with van der Waals surface area (Å²) in [6, 6.07) is 3.52. The molecule has 1 aliphatic rings. The average Bonchev–Trinajstić information content (AvgIpc) is 2.28. The molecule has 0 saturated carbocycles. The van der Waals surface area contributed by atoms with Crippen LogP contribution in [0.3, 0.4) is 0 Å². The van der Waals surface area contributed by atoms with Crippen LogP contribution < -0.4 is 4.74 Å². The van der Waals surface area contributed by atoms with Crippen LogP contribution in [0.1, 0.15) is 24.3 Å². The predicted octanol–water partition coefficient (Wildman–Crippen LogP) is 1.04. The van der Waals surface area contributed by atoms with Crippen LogP contribution >= 0.6 is 0 Å². The van der Waals surface area contributed by atoms with Gasteiger partial charge in [-0.3, -0.25) is 9.59 Å². The molecule has 1 aromatic rings. The van der Waals surface area contributed by atoms with Gasteiger partial charge in [-0.15, -0.1) is 0 Å². The van der Waals surface area contributed by atoms with Crippen molar-refractivity contribution in [1.82, 2.24) is 4.98 Å². The topological polar surface area (TPSA) is 65.5 Å². The van der Waals surface area contributed by atoms with Gasteiger partial charge in [-0.05, 0) is 5.56 Å². The molecule has 0 N–H and O–H groups in total. The van der Waals surface area contributed by atoms with Crippen LogP contribution in [-0.4, -0.2) is 24.0 Å². The Morgan fingerprint density at radius 1 is 1.31 bits per heavy atom. The third kappa shape index (κ3) is 2.18. The van der Waals surface area contributed by atoms with E-state index < -0.39 is 11.9 Å². The minimum absolute atomic E-state index is 0.132. The highest BCUT2D eigenvalue weighted by molar-refractivity contribution is 5.89. The molecule has 0 atom stereocenters. The summed E-state index contributed by atoms with van der Waals surface area (Å²) in [5, 5.41) is 0. The lowest BCUT2D eigenvalue weighted by molar-refractivity contribution is -0.163. The molecule has 0 radical (unpaired) electrons. The number of hydrogen-bond acceptors (Lipinski definition) is 5. The van der Waals surface area contributed by atoms with E-state index in [0.29, 0.717) is 5.88 Å². The monoisotopic (exact) mass is 221 g/mol. The molecule has 84 valence electrons. The van der Waals surface area contributed by atoms with Gasteiger partial charge in [0.05, 0.1) is 20.0 Å². The molecule has 5 heteroatoms. The van der Waals surface area contributed by atoms with Gasteiger partial charge in [0.15, 0.2) is 0 Å². The summed E-state index contributed by atoms with van der Waals surface area (Å²) < 4.78 is 9.39. The Morgan fingerprint density at radius 2 is 2.00 bits per heavy atom. The SMILES string of the molecule is COc1ccc(C2CC(=O)OC(=O)C2)cn1. The largest absolute Gasteiger partial charge is 0.481 e. The third-order valence-corrected chi connectivity index (χ3v) is 2.49. The van der Waals surface area contributed by atoms with Crippen LogP contribution in [0.4, 0.5) is 0 Å². The van der Waals surface area contributed by atoms with E-state index in [9.17, 15) is 9.59 Å². The lowest BCUT2D eigenvalue weighted by atomic mass is 9.92. The summed E-state index contributed by atoms with van der Waals surface area (Å²) >= 11 is 0. The molecule has 5 nitrogen and oxygen atoms in total. The molecule has 0 aromatic carbocycles. The zero-order chi connectivity index (χ0) is 11.5. The molecule has 2 heterocycles. The van der Waals surface area contributed by atoms with Gasteiger partial charge in [-0.25, -0.2) is 4.98 Å². The van der Waals surface area contributed by atoms with Gasteiger partial charge in [-0.1, -0.05) is 6.07 Å². The van der Waals surface area contributed by atoms with E-state index in [1.165, 1.54) is 7.11 Å². The number of ether oxygens (including phenoxy) is 2. The molecule has 0 unspecified atom stereocenters. The molecule has 2 rings (SSSR count). The van der Waals surface area contributed by atoms with E-state index in [1.807, 2.05) is 6.07 Å². The van der Waals surface area contributed by atoms with Gasteiger partial charge in [0.25, 0.3) is 0 Å². The minimum Gasteiger partial charge on any atom is -0.481 e. The van der Waals surface area contributed by atoms with Gasteiger partial charge in [0.1, 0.15) is 0 Å². The molecule has 1 saturated heterocycles. The summed E-state index contributed by atoms with van der Waals surface area (Å²) in [6.45, 7) is 0. The van der Waals surface area contributed by atoms with E-state index in [0.717, 1.165) is 5.56 Å². The van der Waals surface area contributed by atoms with Crippen molar-refractivity contribution < 1.29 is 19.1 Å². The summed E-state index contributed by atoms with van der Waals surface area (Å²) in [7, 11) is 1.53. The maximum absolute atomic E-state index is 11.1. The van der Waals surface area contributed by atoms with Crippen molar-refractivity contribution in [3.8, 4) is 5.88 Å². The van der Waals surface area contributed by atoms with Gasteiger partial charge in [-0.2, -0.15) is 0 Å². The lowest BCUT2D eigenvalue weighted by Gasteiger charge is -2.19. The number of carbonyl (C=O) groups is 2. The fourth-order valence-corrected chi connectivity index (χ4v) is 1.67. The first kappa shape index (κ1) is 10.6. The lowest BCUT2D eigenvalue weighted by Crippen LogP contribution is -2.24. The molecule has 1 fully saturated rings. The normalized spacial score (nSPS) is 17.1. The van der Waals surface area contributed by atoms with Crippen molar-refractivity contribution in [2.75, 3.05) is 7.11 Å². The molecule has 0 spiro atoms. The molecule has 1 aliphatic heterocycles. The maximum Gasteiger partial charge on any atom is 0.314 e. The number of aromatic nitrogens is 1. The Balaban J connectivity index is 2.16. The van der Waals surface area contributed by atoms with Crippen molar-refractivity contribution in [2.24, 2.45) is 0 Å². The maximum atomic E-state index is 11.1. The van der Waals surface area contributed by atoms with Crippen molar-refractivity contribution in [3.63, 3.8) is 0 Å². The fraction of sp³-hybridized carbons (Fsp3) is 0.364. The highest BCUT2D eigenvalue weighted by Gasteiger charge is 2.28. The van der Waals surface area contributed by atoms with Crippen LogP contribution in [-0.2, 0) is 14.3 Å². The average molecular weight is 221 g/mol. The number of esters is 2. The smallest absolute Gasteiger partial charge is 0.314 e. The Morgan fingerprint density at radius 3 is 2.50 bits per heavy atom. The van der Waals surface area contributed by atoms with Crippen molar-refractivity contribution >= 4 is 11.9 Å². The zero-order valence-electron chi connectivity index (χ0n) is 8.80. The third-order valence-electron chi connectivity index (χ3n) is 2.49. The fourth-order valence-electron chi connectivity index (χ4n) is 1.67. The highest BCUT2D eigenvalue weighted by atomic mass is 16.6. The number of nitrogens with zero attached hydrogens (tertiary/aromatic N) is 1. The second kappa shape index (κ2) is 4.30. The molecule has 16 heavy (non-hydrogen) atoms. The van der Waals surface area contributed by atoms with Gasteiger partial charge in [0, 0.05) is 18.2 Å². The zero-order valence-corrected chi connectivity index (χ0v) is 8.80. The quantitative estimate of drug-likeness (QED) is 0.551. The highest BCUT2D eigenvalue weighted by Crippen LogP contribution is 2.28. The summed E-state index contributed by atoms with van der Waals surface area (Å²) in [6.07, 6.45) is 2.06. The van der Waals surface area contributed by atoms with E-state index in [1.54, 1.807) is 12.3 Å². The van der Waals surface area contributed by atoms with Gasteiger partial charge >= 0.3 is 11.9 Å². The Kier molecular flexibility index (Phi) is 2.85. The summed E-state index contributed by atoms with van der Waals surface area (Å²) in [4.78, 5) is 26.2. The van der Waals surface area contributed by atoms with Crippen LogP contribution in [0.2, 0.25) is 0 Å². The van der Waals surface area contributed by atoms with E-state index in [2.05, 4.69) is 9.72 Å². The number of carbonyl (C=O) groups excluding carboxylic acids is 2. The summed E-state index contributed by atoms with van der Waals surface area (Å²) in [5.41, 5.74) is 0.853. The summed E-state index contributed by atoms with van der Waals surface area (Å²) in [5.74, 6) is -0.574. The number of pyridine rings is 1. The molecule has 0 bridgehead atoms. The molecule has 0 aliphatic carbocycles. The number of hydrogen-bond donors (Lipinski definition) is 0. The standard InChI is InChI=1S/C11H11NO4/c1-15-9-3-2-7(6-12-9)8-4-10(13)16-11(14)5-8/h2-3,6,8H,4-5H2,1H3. The van der Waals surface area contributed by atoms with Crippen LogP contribution in [0.15, 0.2) is 18.3 Å². The van der Waals surface area contributed by atoms with E-state index in [-0.39, 0.29) is 18.8 Å². The molecular weight excluding hydrogens is 210 g/mol. The number of methoxy groups -OCH3 is 1. The van der Waals surface area contributed by atoms with Crippen molar-refractivity contribution in [1.29, 1.82) is 0 Å². The minimum atomic E-state index is -0.475. The van der Waals surface area contributed by atoms with Gasteiger partial charge in [0.2, 0.25) is 5.88 Å². The Hall–Kier alpha value is -1.91. The molecule has 1 aromatic heterocycles. The van der Waals surface area contributed by atoms with E-state index in [4.69, 9.17) is 4.74 Å². The van der Waals surface area contributed by atoms with Crippen molar-refractivity contribution in [3.05, 3.63) is 23.9 Å². The molecular formula is C11H11NO4. The second-order valence-electron chi connectivity index (χ2n) is 3.59. The number of cyclic esters (lactones) is 2. The van der Waals surface area contributed by atoms with Crippen LogP contribution in [0.5, 0.6) is 5.88 Å². The molecule has 0 amide bonds. The van der Waals surface area contributed by atoms with Crippen LogP contribution in [0.25, 0.3) is 0 Å². The second-order valence-corrected chi connectivity index (χ2v) is 3.59. The first-order valence-electron chi connectivity index (χ1n) is 4.92. The Labute approximate surface area is 92.4 Å². The van der Waals surface area contributed by atoms with Crippen molar-refractivity contribution in [2.45, 2.75) is 18.8 Å². The predicted molar refractivity (Wildman–Crippen MR) is 53.9 cm³/mol. The number of rotatable bonds is 2. The first-order chi connectivity index (χ1) is 7.69. The van der Waals surface area contributed by atoms with Gasteiger partial charge < -0.3 is 9.47 Å². The Bertz CT molecular complexity index is 396.